The smallest absolute Gasteiger partial charge is 0.337 e. The molecule has 2 rings (SSSR count). The number of ether oxygens (including phenoxy) is 1. The second-order valence-electron chi connectivity index (χ2n) is 4.72. The van der Waals surface area contributed by atoms with E-state index < -0.39 is 0 Å². The van der Waals surface area contributed by atoms with Crippen LogP contribution in [0.1, 0.15) is 22.8 Å². The summed E-state index contributed by atoms with van der Waals surface area (Å²) in [7, 11) is 1.36. The number of esters is 1. The summed E-state index contributed by atoms with van der Waals surface area (Å²) in [6.07, 6.45) is 0.717. The van der Waals surface area contributed by atoms with E-state index in [1.54, 1.807) is 12.1 Å². The standard InChI is InChI=1S/C14H17NO3/c1-9-8-15-13(16)12(9)7-10-3-5-11(6-4-10)14(17)18-2/h3-6,9,12H,7-8H2,1-2H3,(H,15,16)/t9?,12-/m0/s1. The van der Waals surface area contributed by atoms with Crippen molar-refractivity contribution in [1.82, 2.24) is 5.32 Å². The molecular formula is C14H17NO3. The molecule has 1 amide bonds. The Morgan fingerprint density at radius 2 is 2.06 bits per heavy atom. The zero-order valence-electron chi connectivity index (χ0n) is 10.6. The first-order valence-electron chi connectivity index (χ1n) is 6.06. The zero-order valence-corrected chi connectivity index (χ0v) is 10.6. The van der Waals surface area contributed by atoms with Crippen molar-refractivity contribution in [2.45, 2.75) is 13.3 Å². The molecule has 1 unspecified atom stereocenters. The molecule has 1 N–H and O–H groups in total. The van der Waals surface area contributed by atoms with Gasteiger partial charge in [-0.3, -0.25) is 4.79 Å². The lowest BCUT2D eigenvalue weighted by Gasteiger charge is -2.12. The van der Waals surface area contributed by atoms with Gasteiger partial charge in [-0.05, 0) is 30.0 Å². The average Bonchev–Trinajstić information content (AvgIpc) is 2.70. The highest BCUT2D eigenvalue weighted by Crippen LogP contribution is 2.22. The molecule has 4 heteroatoms. The third-order valence-electron chi connectivity index (χ3n) is 3.45. The Morgan fingerprint density at radius 3 is 2.56 bits per heavy atom. The third kappa shape index (κ3) is 2.53. The van der Waals surface area contributed by atoms with Gasteiger partial charge in [0, 0.05) is 12.5 Å². The van der Waals surface area contributed by atoms with E-state index in [1.165, 1.54) is 7.11 Å². The number of hydrogen-bond donors (Lipinski definition) is 1. The predicted octanol–water partition coefficient (Wildman–Crippen LogP) is 1.40. The maximum absolute atomic E-state index is 11.6. The molecule has 96 valence electrons. The Labute approximate surface area is 106 Å². The van der Waals surface area contributed by atoms with Crippen molar-refractivity contribution in [2.75, 3.05) is 13.7 Å². The van der Waals surface area contributed by atoms with Gasteiger partial charge in [0.2, 0.25) is 5.91 Å². The Morgan fingerprint density at radius 1 is 1.39 bits per heavy atom. The molecule has 0 aromatic heterocycles. The largest absolute Gasteiger partial charge is 0.465 e. The summed E-state index contributed by atoms with van der Waals surface area (Å²) in [6, 6.07) is 7.23. The van der Waals surface area contributed by atoms with E-state index >= 15 is 0 Å². The molecule has 0 radical (unpaired) electrons. The minimum absolute atomic E-state index is 0.0361. The summed E-state index contributed by atoms with van der Waals surface area (Å²) < 4.78 is 4.64. The van der Waals surface area contributed by atoms with Crippen LogP contribution < -0.4 is 5.32 Å². The lowest BCUT2D eigenvalue weighted by atomic mass is 9.90. The highest BCUT2D eigenvalue weighted by atomic mass is 16.5. The van der Waals surface area contributed by atoms with E-state index in [4.69, 9.17) is 0 Å². The van der Waals surface area contributed by atoms with Crippen LogP contribution in [0.3, 0.4) is 0 Å². The lowest BCUT2D eigenvalue weighted by molar-refractivity contribution is -0.122. The molecule has 0 bridgehead atoms. The first kappa shape index (κ1) is 12.6. The molecule has 1 aromatic rings. The van der Waals surface area contributed by atoms with Crippen LogP contribution in [-0.4, -0.2) is 25.5 Å². The molecule has 1 fully saturated rings. The Bertz CT molecular complexity index is 453. The Kier molecular flexibility index (Phi) is 3.65. The quantitative estimate of drug-likeness (QED) is 0.821. The Balaban J connectivity index is 2.06. The molecule has 1 aliphatic rings. The van der Waals surface area contributed by atoms with E-state index in [0.717, 1.165) is 12.1 Å². The number of amides is 1. The molecule has 2 atom stereocenters. The highest BCUT2D eigenvalue weighted by Gasteiger charge is 2.31. The van der Waals surface area contributed by atoms with Gasteiger partial charge in [-0.15, -0.1) is 0 Å². The van der Waals surface area contributed by atoms with Gasteiger partial charge in [-0.2, -0.15) is 0 Å². The molecule has 1 aliphatic heterocycles. The lowest BCUT2D eigenvalue weighted by Crippen LogP contribution is -2.21. The van der Waals surface area contributed by atoms with Crippen molar-refractivity contribution in [3.8, 4) is 0 Å². The van der Waals surface area contributed by atoms with Gasteiger partial charge in [0.05, 0.1) is 12.7 Å². The summed E-state index contributed by atoms with van der Waals surface area (Å²) in [5.74, 6) is 0.180. The predicted molar refractivity (Wildman–Crippen MR) is 67.1 cm³/mol. The normalized spacial score (nSPS) is 22.7. The van der Waals surface area contributed by atoms with Crippen molar-refractivity contribution in [2.24, 2.45) is 11.8 Å². The van der Waals surface area contributed by atoms with Gasteiger partial charge in [0.1, 0.15) is 0 Å². The number of carbonyl (C=O) groups excluding carboxylic acids is 2. The van der Waals surface area contributed by atoms with Gasteiger partial charge in [0.15, 0.2) is 0 Å². The zero-order chi connectivity index (χ0) is 13.1. The van der Waals surface area contributed by atoms with Gasteiger partial charge in [-0.25, -0.2) is 4.79 Å². The van der Waals surface area contributed by atoms with Crippen LogP contribution >= 0.6 is 0 Å². The number of hydrogen-bond acceptors (Lipinski definition) is 3. The number of methoxy groups -OCH3 is 1. The summed E-state index contributed by atoms with van der Waals surface area (Å²) in [5.41, 5.74) is 1.60. The van der Waals surface area contributed by atoms with Crippen LogP contribution in [0.15, 0.2) is 24.3 Å². The number of benzene rings is 1. The van der Waals surface area contributed by atoms with Gasteiger partial charge in [-0.1, -0.05) is 19.1 Å². The molecule has 0 spiro atoms. The second-order valence-corrected chi connectivity index (χ2v) is 4.72. The topological polar surface area (TPSA) is 55.4 Å². The summed E-state index contributed by atoms with van der Waals surface area (Å²) in [5, 5.41) is 2.87. The van der Waals surface area contributed by atoms with Crippen molar-refractivity contribution in [1.29, 1.82) is 0 Å². The molecule has 1 saturated heterocycles. The van der Waals surface area contributed by atoms with E-state index in [0.29, 0.717) is 17.9 Å². The fraction of sp³-hybridized carbons (Fsp3) is 0.429. The monoisotopic (exact) mass is 247 g/mol. The maximum Gasteiger partial charge on any atom is 0.337 e. The number of carbonyl (C=O) groups is 2. The third-order valence-corrected chi connectivity index (χ3v) is 3.45. The van der Waals surface area contributed by atoms with Crippen molar-refractivity contribution >= 4 is 11.9 Å². The van der Waals surface area contributed by atoms with Crippen LogP contribution in [0, 0.1) is 11.8 Å². The van der Waals surface area contributed by atoms with Crippen LogP contribution in [0.2, 0.25) is 0 Å². The molecule has 0 saturated carbocycles. The fourth-order valence-corrected chi connectivity index (χ4v) is 2.24. The number of nitrogens with one attached hydrogen (secondary N) is 1. The van der Waals surface area contributed by atoms with Gasteiger partial charge in [0.25, 0.3) is 0 Å². The SMILES string of the molecule is COC(=O)c1ccc(C[C@@H]2C(=O)NCC2C)cc1. The maximum atomic E-state index is 11.6. The minimum atomic E-state index is -0.339. The van der Waals surface area contributed by atoms with Crippen LogP contribution in [0.25, 0.3) is 0 Å². The van der Waals surface area contributed by atoms with E-state index in [1.807, 2.05) is 12.1 Å². The first-order chi connectivity index (χ1) is 8.61. The minimum Gasteiger partial charge on any atom is -0.465 e. The summed E-state index contributed by atoms with van der Waals surface area (Å²) >= 11 is 0. The van der Waals surface area contributed by atoms with E-state index in [-0.39, 0.29) is 17.8 Å². The van der Waals surface area contributed by atoms with Gasteiger partial charge < -0.3 is 10.1 Å². The Hall–Kier alpha value is -1.84. The molecular weight excluding hydrogens is 230 g/mol. The highest BCUT2D eigenvalue weighted by molar-refractivity contribution is 5.89. The molecule has 4 nitrogen and oxygen atoms in total. The fourth-order valence-electron chi connectivity index (χ4n) is 2.24. The van der Waals surface area contributed by atoms with Crippen LogP contribution in [0.4, 0.5) is 0 Å². The van der Waals surface area contributed by atoms with Crippen LogP contribution in [0.5, 0.6) is 0 Å². The summed E-state index contributed by atoms with van der Waals surface area (Å²) in [4.78, 5) is 22.9. The van der Waals surface area contributed by atoms with E-state index in [2.05, 4.69) is 17.0 Å². The molecule has 1 aromatic carbocycles. The molecule has 0 aliphatic carbocycles. The molecule has 18 heavy (non-hydrogen) atoms. The van der Waals surface area contributed by atoms with Gasteiger partial charge >= 0.3 is 5.97 Å². The van der Waals surface area contributed by atoms with E-state index in [9.17, 15) is 9.59 Å². The van der Waals surface area contributed by atoms with Crippen LogP contribution in [-0.2, 0) is 16.0 Å². The molecule has 1 heterocycles. The first-order valence-corrected chi connectivity index (χ1v) is 6.06. The number of rotatable bonds is 3. The average molecular weight is 247 g/mol. The second kappa shape index (κ2) is 5.21. The van der Waals surface area contributed by atoms with Crippen molar-refractivity contribution < 1.29 is 14.3 Å². The van der Waals surface area contributed by atoms with Crippen molar-refractivity contribution in [3.63, 3.8) is 0 Å². The summed E-state index contributed by atoms with van der Waals surface area (Å²) in [6.45, 7) is 2.83. The van der Waals surface area contributed by atoms with Crippen molar-refractivity contribution in [3.05, 3.63) is 35.4 Å².